The van der Waals surface area contributed by atoms with E-state index >= 15 is 0 Å². The second-order valence-corrected chi connectivity index (χ2v) is 6.52. The zero-order valence-electron chi connectivity index (χ0n) is 12.3. The van der Waals surface area contributed by atoms with Gasteiger partial charge >= 0.3 is 12.0 Å². The van der Waals surface area contributed by atoms with E-state index in [1.807, 2.05) is 6.92 Å². The fourth-order valence-corrected chi connectivity index (χ4v) is 3.98. The molecule has 0 aliphatic carbocycles. The van der Waals surface area contributed by atoms with Crippen molar-refractivity contribution in [1.29, 1.82) is 0 Å². The van der Waals surface area contributed by atoms with E-state index in [1.165, 1.54) is 16.7 Å². The highest BCUT2D eigenvalue weighted by molar-refractivity contribution is 8.00. The molecule has 2 N–H and O–H groups in total. The Balaban J connectivity index is 1.98. The predicted molar refractivity (Wildman–Crippen MR) is 78.4 cm³/mol. The summed E-state index contributed by atoms with van der Waals surface area (Å²) >= 11 is 1.51. The van der Waals surface area contributed by atoms with Gasteiger partial charge in [-0.15, -0.1) is 11.8 Å². The van der Waals surface area contributed by atoms with Gasteiger partial charge in [0.25, 0.3) is 0 Å². The summed E-state index contributed by atoms with van der Waals surface area (Å²) in [4.78, 5) is 25.1. The minimum absolute atomic E-state index is 0.0931. The molecule has 3 unspecified atom stereocenters. The number of nitrogens with zero attached hydrogens (tertiary/aromatic N) is 1. The summed E-state index contributed by atoms with van der Waals surface area (Å²) in [6.45, 7) is 3.33. The molecule has 0 spiro atoms. The maximum atomic E-state index is 12.4. The molecule has 21 heavy (non-hydrogen) atoms. The number of aliphatic carboxylic acids is 1. The smallest absolute Gasteiger partial charge is 0.327 e. The van der Waals surface area contributed by atoms with Crippen molar-refractivity contribution < 1.29 is 24.2 Å². The summed E-state index contributed by atoms with van der Waals surface area (Å²) < 4.78 is 10.8. The third-order valence-corrected chi connectivity index (χ3v) is 5.48. The molecule has 8 heteroatoms. The van der Waals surface area contributed by atoms with Crippen LogP contribution in [-0.4, -0.2) is 71.6 Å². The monoisotopic (exact) mass is 318 g/mol. The molecule has 2 aliphatic heterocycles. The molecule has 3 atom stereocenters. The number of carbonyl (C=O) groups excluding carboxylic acids is 1. The Morgan fingerprint density at radius 3 is 2.86 bits per heavy atom. The number of thioether (sulfide) groups is 1. The van der Waals surface area contributed by atoms with Crippen molar-refractivity contribution in [3.63, 3.8) is 0 Å². The van der Waals surface area contributed by atoms with Crippen molar-refractivity contribution in [1.82, 2.24) is 10.2 Å². The Morgan fingerprint density at radius 1 is 1.57 bits per heavy atom. The molecule has 0 bridgehead atoms. The summed E-state index contributed by atoms with van der Waals surface area (Å²) in [6.07, 6.45) is 1.44. The number of carbonyl (C=O) groups is 2. The maximum absolute atomic E-state index is 12.4. The molecule has 2 rings (SSSR count). The summed E-state index contributed by atoms with van der Waals surface area (Å²) in [5.74, 6) is -0.529. The molecule has 0 saturated carbocycles. The zero-order valence-corrected chi connectivity index (χ0v) is 13.1. The largest absolute Gasteiger partial charge is 0.480 e. The molecule has 2 aliphatic rings. The van der Waals surface area contributed by atoms with Crippen LogP contribution in [0.5, 0.6) is 0 Å². The highest BCUT2D eigenvalue weighted by Gasteiger charge is 2.42. The van der Waals surface area contributed by atoms with Gasteiger partial charge in [-0.1, -0.05) is 6.92 Å². The van der Waals surface area contributed by atoms with E-state index in [2.05, 4.69) is 5.32 Å². The van der Waals surface area contributed by atoms with Gasteiger partial charge in [-0.05, 0) is 6.42 Å². The molecule has 2 amide bonds. The highest BCUT2D eigenvalue weighted by atomic mass is 32.2. The van der Waals surface area contributed by atoms with Crippen LogP contribution in [0, 0.1) is 0 Å². The molecule has 2 fully saturated rings. The van der Waals surface area contributed by atoms with Crippen LogP contribution in [0.25, 0.3) is 0 Å². The number of ether oxygens (including phenoxy) is 2. The Kier molecular flexibility index (Phi) is 5.34. The molecule has 2 saturated heterocycles. The Hall–Kier alpha value is -0.990. The summed E-state index contributed by atoms with van der Waals surface area (Å²) in [7, 11) is 1.60. The number of carboxylic acid groups (broad SMARTS) is 1. The van der Waals surface area contributed by atoms with Gasteiger partial charge in [-0.3, -0.25) is 4.90 Å². The van der Waals surface area contributed by atoms with Crippen molar-refractivity contribution in [2.45, 2.75) is 36.8 Å². The number of hydrogen-bond acceptors (Lipinski definition) is 5. The number of rotatable bonds is 5. The minimum atomic E-state index is -0.959. The third-order valence-electron chi connectivity index (χ3n) is 4.02. The number of nitrogens with one attached hydrogen (secondary N) is 1. The molecule has 2 heterocycles. The van der Waals surface area contributed by atoms with Gasteiger partial charge < -0.3 is 19.9 Å². The van der Waals surface area contributed by atoms with E-state index < -0.39 is 17.6 Å². The average Bonchev–Trinajstić information content (AvgIpc) is 3.11. The van der Waals surface area contributed by atoms with Gasteiger partial charge in [0.05, 0.1) is 18.5 Å². The fraction of sp³-hybridized carbons (Fsp3) is 0.846. The van der Waals surface area contributed by atoms with Crippen molar-refractivity contribution in [3.8, 4) is 0 Å². The number of methoxy groups -OCH3 is 1. The van der Waals surface area contributed by atoms with Crippen LogP contribution >= 0.6 is 11.8 Å². The van der Waals surface area contributed by atoms with Crippen LogP contribution in [0.4, 0.5) is 4.79 Å². The van der Waals surface area contributed by atoms with E-state index in [9.17, 15) is 14.7 Å². The first kappa shape index (κ1) is 16.4. The van der Waals surface area contributed by atoms with Crippen LogP contribution in [0.15, 0.2) is 0 Å². The fourth-order valence-electron chi connectivity index (χ4n) is 2.63. The number of hydrogen-bond donors (Lipinski definition) is 2. The Labute approximate surface area is 128 Å². The van der Waals surface area contributed by atoms with Gasteiger partial charge in [0, 0.05) is 25.9 Å². The van der Waals surface area contributed by atoms with E-state index in [0.29, 0.717) is 25.5 Å². The van der Waals surface area contributed by atoms with Crippen molar-refractivity contribution in [2.75, 3.05) is 32.6 Å². The quantitative estimate of drug-likeness (QED) is 0.777. The third kappa shape index (κ3) is 3.44. The Morgan fingerprint density at radius 2 is 2.33 bits per heavy atom. The summed E-state index contributed by atoms with van der Waals surface area (Å²) in [5.41, 5.74) is -0.497. The van der Waals surface area contributed by atoms with Gasteiger partial charge in [0.2, 0.25) is 0 Å². The van der Waals surface area contributed by atoms with Gasteiger partial charge in [0.15, 0.2) is 0 Å². The van der Waals surface area contributed by atoms with Gasteiger partial charge in [-0.25, -0.2) is 9.59 Å². The predicted octanol–water partition coefficient (Wildman–Crippen LogP) is 0.740. The van der Waals surface area contributed by atoms with Crippen molar-refractivity contribution in [2.24, 2.45) is 0 Å². The zero-order chi connectivity index (χ0) is 15.5. The van der Waals surface area contributed by atoms with Gasteiger partial charge in [-0.2, -0.15) is 0 Å². The molecule has 0 aromatic heterocycles. The van der Waals surface area contributed by atoms with E-state index in [-0.39, 0.29) is 11.4 Å². The molecule has 0 radical (unpaired) electrons. The second kappa shape index (κ2) is 6.85. The lowest BCUT2D eigenvalue weighted by molar-refractivity contribution is -0.141. The SMILES string of the molecule is CCC1SCC(C(=O)O)N1C(=O)NCC1(OC)CCOC1. The van der Waals surface area contributed by atoms with Crippen LogP contribution < -0.4 is 5.32 Å². The molecule has 0 aromatic carbocycles. The topological polar surface area (TPSA) is 88.1 Å². The van der Waals surface area contributed by atoms with Gasteiger partial charge in [0.1, 0.15) is 11.6 Å². The molecular formula is C13H22N2O5S. The lowest BCUT2D eigenvalue weighted by Crippen LogP contribution is -2.53. The van der Waals surface area contributed by atoms with Crippen LogP contribution in [0.1, 0.15) is 19.8 Å². The number of carboxylic acids is 1. The molecule has 0 aromatic rings. The van der Waals surface area contributed by atoms with E-state index in [0.717, 1.165) is 12.8 Å². The standard InChI is InChI=1S/C13H22N2O5S/c1-3-10-15(9(6-21-10)11(16)17)12(18)14-7-13(19-2)4-5-20-8-13/h9-10H,3-8H2,1-2H3,(H,14,18)(H,16,17). The summed E-state index contributed by atoms with van der Waals surface area (Å²) in [5, 5.41) is 12.0. The first-order chi connectivity index (χ1) is 10.0. The maximum Gasteiger partial charge on any atom is 0.327 e. The first-order valence-corrected chi connectivity index (χ1v) is 8.11. The lowest BCUT2D eigenvalue weighted by atomic mass is 10.0. The molecular weight excluding hydrogens is 296 g/mol. The molecule has 7 nitrogen and oxygen atoms in total. The van der Waals surface area contributed by atoms with E-state index in [4.69, 9.17) is 9.47 Å². The van der Waals surface area contributed by atoms with Crippen molar-refractivity contribution >= 4 is 23.8 Å². The Bertz CT molecular complexity index is 400. The summed E-state index contributed by atoms with van der Waals surface area (Å²) in [6, 6.07) is -1.11. The highest BCUT2D eigenvalue weighted by Crippen LogP contribution is 2.31. The molecule has 120 valence electrons. The number of amides is 2. The van der Waals surface area contributed by atoms with Crippen LogP contribution in [0.3, 0.4) is 0 Å². The lowest BCUT2D eigenvalue weighted by Gasteiger charge is -2.30. The normalized spacial score (nSPS) is 32.4. The average molecular weight is 318 g/mol. The van der Waals surface area contributed by atoms with Crippen LogP contribution in [-0.2, 0) is 14.3 Å². The van der Waals surface area contributed by atoms with Crippen LogP contribution in [0.2, 0.25) is 0 Å². The van der Waals surface area contributed by atoms with Crippen molar-refractivity contribution in [3.05, 3.63) is 0 Å². The number of urea groups is 1. The minimum Gasteiger partial charge on any atom is -0.480 e. The first-order valence-electron chi connectivity index (χ1n) is 7.06. The van der Waals surface area contributed by atoms with E-state index in [1.54, 1.807) is 7.11 Å². The second-order valence-electron chi connectivity index (χ2n) is 5.31.